The second-order valence-corrected chi connectivity index (χ2v) is 5.69. The fraction of sp³-hybridized carbons (Fsp3) is 0.412. The lowest BCUT2D eigenvalue weighted by molar-refractivity contribution is -0.126. The highest BCUT2D eigenvalue weighted by Gasteiger charge is 2.34. The van der Waals surface area contributed by atoms with Gasteiger partial charge >= 0.3 is 0 Å². The van der Waals surface area contributed by atoms with E-state index in [1.54, 1.807) is 11.0 Å². The maximum atomic E-state index is 12.2. The molecule has 1 fully saturated rings. The highest BCUT2D eigenvalue weighted by atomic mass is 16.2. The van der Waals surface area contributed by atoms with Crippen molar-refractivity contribution in [1.82, 2.24) is 5.32 Å². The van der Waals surface area contributed by atoms with Gasteiger partial charge in [0.2, 0.25) is 11.8 Å². The van der Waals surface area contributed by atoms with Crippen LogP contribution in [0.25, 0.3) is 0 Å². The normalized spacial score (nSPS) is 18.1. The molecule has 4 nitrogen and oxygen atoms in total. The van der Waals surface area contributed by atoms with Crippen molar-refractivity contribution in [2.24, 2.45) is 5.92 Å². The van der Waals surface area contributed by atoms with Gasteiger partial charge in [-0.1, -0.05) is 32.1 Å². The summed E-state index contributed by atoms with van der Waals surface area (Å²) < 4.78 is 0. The van der Waals surface area contributed by atoms with Crippen LogP contribution in [0.2, 0.25) is 0 Å². The van der Waals surface area contributed by atoms with Crippen molar-refractivity contribution < 1.29 is 9.59 Å². The minimum Gasteiger partial charge on any atom is -0.352 e. The lowest BCUT2D eigenvalue weighted by Gasteiger charge is -2.18. The van der Waals surface area contributed by atoms with Gasteiger partial charge in [0.1, 0.15) is 0 Å². The molecule has 1 N–H and O–H groups in total. The van der Waals surface area contributed by atoms with Gasteiger partial charge in [0, 0.05) is 25.2 Å². The van der Waals surface area contributed by atoms with Gasteiger partial charge in [0.15, 0.2) is 0 Å². The van der Waals surface area contributed by atoms with E-state index in [0.717, 1.165) is 5.69 Å². The van der Waals surface area contributed by atoms with Crippen LogP contribution in [-0.2, 0) is 9.59 Å². The van der Waals surface area contributed by atoms with Gasteiger partial charge in [0.25, 0.3) is 0 Å². The average Bonchev–Trinajstić information content (AvgIpc) is 2.87. The van der Waals surface area contributed by atoms with Crippen LogP contribution in [-0.4, -0.2) is 24.9 Å². The summed E-state index contributed by atoms with van der Waals surface area (Å²) in [7, 11) is 0. The number of carbonyl (C=O) groups excluding carboxylic acids is 2. The van der Waals surface area contributed by atoms with E-state index >= 15 is 0 Å². The number of amides is 2. The van der Waals surface area contributed by atoms with E-state index in [1.165, 1.54) is 5.56 Å². The highest BCUT2D eigenvalue weighted by Crippen LogP contribution is 2.27. The number of nitrogens with one attached hydrogen (secondary N) is 1. The number of hydrogen-bond acceptors (Lipinski definition) is 2. The molecule has 0 radical (unpaired) electrons. The van der Waals surface area contributed by atoms with Crippen LogP contribution in [0.3, 0.4) is 0 Å². The standard InChI is InChI=1S/C17H22N2O2/c1-4-8-18-17(21)14-10-16(20)19(11-14)15-7-5-6-13(9-15)12(2)3/h4-7,9,12,14H,1,8,10-11H2,2-3H3,(H,18,21)/t14-/m1/s1. The van der Waals surface area contributed by atoms with Gasteiger partial charge < -0.3 is 10.2 Å². The third-order valence-electron chi connectivity index (χ3n) is 3.77. The first-order chi connectivity index (χ1) is 10.0. The Kier molecular flexibility index (Phi) is 4.78. The second-order valence-electron chi connectivity index (χ2n) is 5.69. The zero-order chi connectivity index (χ0) is 15.4. The molecule has 1 aliphatic heterocycles. The van der Waals surface area contributed by atoms with Crippen molar-refractivity contribution in [2.45, 2.75) is 26.2 Å². The molecule has 0 unspecified atom stereocenters. The number of benzene rings is 1. The summed E-state index contributed by atoms with van der Waals surface area (Å²) in [5, 5.41) is 2.76. The first-order valence-electron chi connectivity index (χ1n) is 7.32. The quantitative estimate of drug-likeness (QED) is 0.845. The molecular formula is C17H22N2O2. The molecule has 1 aromatic carbocycles. The van der Waals surface area contributed by atoms with Gasteiger partial charge in [-0.15, -0.1) is 6.58 Å². The SMILES string of the molecule is C=CCNC(=O)[C@@H]1CC(=O)N(c2cccc(C(C)C)c2)C1. The van der Waals surface area contributed by atoms with Gasteiger partial charge in [-0.3, -0.25) is 9.59 Å². The van der Waals surface area contributed by atoms with E-state index in [2.05, 4.69) is 31.8 Å². The summed E-state index contributed by atoms with van der Waals surface area (Å²) in [6, 6.07) is 7.98. The van der Waals surface area contributed by atoms with Crippen LogP contribution >= 0.6 is 0 Å². The van der Waals surface area contributed by atoms with Crippen LogP contribution in [0.15, 0.2) is 36.9 Å². The summed E-state index contributed by atoms with van der Waals surface area (Å²) in [4.78, 5) is 25.8. The summed E-state index contributed by atoms with van der Waals surface area (Å²) in [6.45, 7) is 8.70. The third-order valence-corrected chi connectivity index (χ3v) is 3.77. The van der Waals surface area contributed by atoms with Crippen LogP contribution in [0.4, 0.5) is 5.69 Å². The number of rotatable bonds is 5. The number of hydrogen-bond donors (Lipinski definition) is 1. The monoisotopic (exact) mass is 286 g/mol. The molecule has 0 aliphatic carbocycles. The summed E-state index contributed by atoms with van der Waals surface area (Å²) in [5.74, 6) is 0.0647. The predicted octanol–water partition coefficient (Wildman–Crippen LogP) is 2.47. The van der Waals surface area contributed by atoms with Gasteiger partial charge in [0.05, 0.1) is 5.92 Å². The third kappa shape index (κ3) is 3.51. The molecule has 2 rings (SSSR count). The van der Waals surface area contributed by atoms with Gasteiger partial charge in [-0.05, 0) is 23.6 Å². The summed E-state index contributed by atoms with van der Waals surface area (Å²) >= 11 is 0. The van der Waals surface area contributed by atoms with E-state index in [0.29, 0.717) is 19.0 Å². The Morgan fingerprint density at radius 3 is 2.95 bits per heavy atom. The molecule has 1 aromatic rings. The molecule has 1 heterocycles. The number of nitrogens with zero attached hydrogens (tertiary/aromatic N) is 1. The molecule has 1 aliphatic rings. The smallest absolute Gasteiger partial charge is 0.227 e. The highest BCUT2D eigenvalue weighted by molar-refractivity contribution is 6.00. The Balaban J connectivity index is 2.11. The maximum Gasteiger partial charge on any atom is 0.227 e. The molecule has 112 valence electrons. The van der Waals surface area contributed by atoms with E-state index in [4.69, 9.17) is 0 Å². The summed E-state index contributed by atoms with van der Waals surface area (Å²) in [5.41, 5.74) is 2.07. The Hall–Kier alpha value is -2.10. The topological polar surface area (TPSA) is 49.4 Å². The molecule has 0 spiro atoms. The predicted molar refractivity (Wildman–Crippen MR) is 84.2 cm³/mol. The Bertz CT molecular complexity index is 551. The molecule has 1 saturated heterocycles. The van der Waals surface area contributed by atoms with E-state index in [9.17, 15) is 9.59 Å². The maximum absolute atomic E-state index is 12.2. The fourth-order valence-electron chi connectivity index (χ4n) is 2.50. The average molecular weight is 286 g/mol. The largest absolute Gasteiger partial charge is 0.352 e. The van der Waals surface area contributed by atoms with Crippen LogP contribution in [0.5, 0.6) is 0 Å². The molecule has 21 heavy (non-hydrogen) atoms. The van der Waals surface area contributed by atoms with Gasteiger partial charge in [-0.25, -0.2) is 0 Å². The number of anilines is 1. The molecule has 1 atom stereocenters. The Labute approximate surface area is 125 Å². The lowest BCUT2D eigenvalue weighted by Crippen LogP contribution is -2.33. The Morgan fingerprint density at radius 2 is 2.29 bits per heavy atom. The molecule has 2 amide bonds. The van der Waals surface area contributed by atoms with Crippen molar-refractivity contribution in [3.05, 3.63) is 42.5 Å². The molecule has 0 aromatic heterocycles. The first kappa shape index (κ1) is 15.3. The van der Waals surface area contributed by atoms with Crippen molar-refractivity contribution in [3.8, 4) is 0 Å². The zero-order valence-electron chi connectivity index (χ0n) is 12.6. The van der Waals surface area contributed by atoms with Crippen molar-refractivity contribution in [2.75, 3.05) is 18.0 Å². The van der Waals surface area contributed by atoms with Crippen molar-refractivity contribution in [3.63, 3.8) is 0 Å². The van der Waals surface area contributed by atoms with Gasteiger partial charge in [-0.2, -0.15) is 0 Å². The minimum atomic E-state index is -0.278. The van der Waals surface area contributed by atoms with E-state index < -0.39 is 0 Å². The van der Waals surface area contributed by atoms with Crippen LogP contribution < -0.4 is 10.2 Å². The molecule has 4 heteroatoms. The van der Waals surface area contributed by atoms with Crippen LogP contribution in [0.1, 0.15) is 31.7 Å². The minimum absolute atomic E-state index is 0.00894. The molecular weight excluding hydrogens is 264 g/mol. The fourth-order valence-corrected chi connectivity index (χ4v) is 2.50. The number of carbonyl (C=O) groups is 2. The summed E-state index contributed by atoms with van der Waals surface area (Å²) in [6.07, 6.45) is 1.91. The van der Waals surface area contributed by atoms with Crippen LogP contribution in [0, 0.1) is 5.92 Å². The van der Waals surface area contributed by atoms with E-state index in [-0.39, 0.29) is 24.2 Å². The molecule has 0 saturated carbocycles. The van der Waals surface area contributed by atoms with E-state index in [1.807, 2.05) is 18.2 Å². The Morgan fingerprint density at radius 1 is 1.52 bits per heavy atom. The van der Waals surface area contributed by atoms with Crippen molar-refractivity contribution >= 4 is 17.5 Å². The zero-order valence-corrected chi connectivity index (χ0v) is 12.6. The second kappa shape index (κ2) is 6.57. The molecule has 0 bridgehead atoms. The lowest BCUT2D eigenvalue weighted by atomic mass is 10.0. The van der Waals surface area contributed by atoms with Crippen molar-refractivity contribution in [1.29, 1.82) is 0 Å². The first-order valence-corrected chi connectivity index (χ1v) is 7.32.